The van der Waals surface area contributed by atoms with Crippen molar-refractivity contribution in [1.82, 2.24) is 0 Å². The van der Waals surface area contributed by atoms with Gasteiger partial charge in [0.2, 0.25) is 0 Å². The molecule has 0 aliphatic carbocycles. The second-order valence-corrected chi connectivity index (χ2v) is 3.80. The number of allylic oxidation sites excluding steroid dienone is 5. The van der Waals surface area contributed by atoms with Gasteiger partial charge in [-0.2, -0.15) is 0 Å². The minimum atomic E-state index is 1.16. The zero-order valence-corrected chi connectivity index (χ0v) is 12.2. The van der Waals surface area contributed by atoms with Crippen LogP contribution >= 0.6 is 0 Å². The van der Waals surface area contributed by atoms with Crippen molar-refractivity contribution in [1.29, 1.82) is 0 Å². The summed E-state index contributed by atoms with van der Waals surface area (Å²) in [6, 6.07) is 8.78. The standard InChI is InChI=1S/C16H20.C2H6/c1-4-7-14-10-12-16(13-11-14)15(8-5-2)9-6-3;1-2/h5-6,8-13H,2,4,7H2,1,3H3;1-2H3/b9-6-,15-8+;. The van der Waals surface area contributed by atoms with Crippen molar-refractivity contribution in [3.05, 3.63) is 66.3 Å². The molecule has 1 aromatic rings. The molecule has 0 aromatic heterocycles. The van der Waals surface area contributed by atoms with E-state index in [4.69, 9.17) is 0 Å². The van der Waals surface area contributed by atoms with Crippen LogP contribution in [0.2, 0.25) is 0 Å². The largest absolute Gasteiger partial charge is 0.0990 e. The molecular formula is C18H26. The highest BCUT2D eigenvalue weighted by Gasteiger charge is 1.97. The van der Waals surface area contributed by atoms with E-state index in [1.165, 1.54) is 23.1 Å². The van der Waals surface area contributed by atoms with Crippen molar-refractivity contribution < 1.29 is 0 Å². The van der Waals surface area contributed by atoms with Crippen LogP contribution in [0.25, 0.3) is 5.57 Å². The van der Waals surface area contributed by atoms with Gasteiger partial charge in [-0.15, -0.1) is 0 Å². The second-order valence-electron chi connectivity index (χ2n) is 3.80. The smallest absolute Gasteiger partial charge is 0.0184 e. The predicted molar refractivity (Wildman–Crippen MR) is 84.8 cm³/mol. The number of hydrogen-bond acceptors (Lipinski definition) is 0. The topological polar surface area (TPSA) is 0 Å². The molecule has 98 valence electrons. The average Bonchev–Trinajstić information content (AvgIpc) is 2.42. The highest BCUT2D eigenvalue weighted by molar-refractivity contribution is 5.75. The molecule has 1 rings (SSSR count). The zero-order valence-electron chi connectivity index (χ0n) is 12.2. The Morgan fingerprint density at radius 3 is 2.22 bits per heavy atom. The van der Waals surface area contributed by atoms with E-state index in [9.17, 15) is 0 Å². The minimum absolute atomic E-state index is 1.16. The Morgan fingerprint density at radius 1 is 1.17 bits per heavy atom. The van der Waals surface area contributed by atoms with E-state index >= 15 is 0 Å². The van der Waals surface area contributed by atoms with Gasteiger partial charge in [0.15, 0.2) is 0 Å². The highest BCUT2D eigenvalue weighted by Crippen LogP contribution is 2.17. The summed E-state index contributed by atoms with van der Waals surface area (Å²) >= 11 is 0. The normalized spacial score (nSPS) is 11.0. The van der Waals surface area contributed by atoms with E-state index in [0.717, 1.165) is 6.42 Å². The lowest BCUT2D eigenvalue weighted by molar-refractivity contribution is 0.922. The van der Waals surface area contributed by atoms with Crippen molar-refractivity contribution in [2.75, 3.05) is 0 Å². The fourth-order valence-corrected chi connectivity index (χ4v) is 1.71. The van der Waals surface area contributed by atoms with Gasteiger partial charge < -0.3 is 0 Å². The van der Waals surface area contributed by atoms with Crippen LogP contribution in [0, 0.1) is 0 Å². The van der Waals surface area contributed by atoms with Gasteiger partial charge >= 0.3 is 0 Å². The molecule has 0 aliphatic rings. The first-order chi connectivity index (χ1) is 8.81. The van der Waals surface area contributed by atoms with Crippen molar-refractivity contribution in [2.45, 2.75) is 40.5 Å². The van der Waals surface area contributed by atoms with Gasteiger partial charge in [0.1, 0.15) is 0 Å². The van der Waals surface area contributed by atoms with Crippen molar-refractivity contribution >= 4 is 5.57 Å². The maximum atomic E-state index is 3.74. The maximum Gasteiger partial charge on any atom is -0.0184 e. The predicted octanol–water partition coefficient (Wildman–Crippen LogP) is 5.81. The maximum absolute atomic E-state index is 3.74. The van der Waals surface area contributed by atoms with Crippen LogP contribution in [0.1, 0.15) is 45.2 Å². The molecule has 0 aliphatic heterocycles. The van der Waals surface area contributed by atoms with Crippen molar-refractivity contribution in [3.63, 3.8) is 0 Å². The van der Waals surface area contributed by atoms with Crippen LogP contribution in [-0.4, -0.2) is 0 Å². The summed E-state index contributed by atoms with van der Waals surface area (Å²) < 4.78 is 0. The van der Waals surface area contributed by atoms with E-state index in [0.29, 0.717) is 0 Å². The SMILES string of the molecule is C=C/C=C(\C=C/C)c1ccc(CCC)cc1.CC. The van der Waals surface area contributed by atoms with E-state index in [1.54, 1.807) is 0 Å². The molecule has 0 nitrogen and oxygen atoms in total. The molecule has 0 spiro atoms. The molecule has 0 heterocycles. The summed E-state index contributed by atoms with van der Waals surface area (Å²) in [5, 5.41) is 0. The molecule has 0 bridgehead atoms. The van der Waals surface area contributed by atoms with Crippen LogP contribution in [0.5, 0.6) is 0 Å². The summed E-state index contributed by atoms with van der Waals surface area (Å²) in [4.78, 5) is 0. The number of rotatable bonds is 5. The van der Waals surface area contributed by atoms with Gasteiger partial charge in [-0.25, -0.2) is 0 Å². The van der Waals surface area contributed by atoms with Crippen LogP contribution in [0.4, 0.5) is 0 Å². The van der Waals surface area contributed by atoms with Crippen molar-refractivity contribution in [3.8, 4) is 0 Å². The Morgan fingerprint density at radius 2 is 1.78 bits per heavy atom. The Kier molecular flexibility index (Phi) is 9.67. The number of benzene rings is 1. The molecule has 0 heteroatoms. The number of hydrogen-bond donors (Lipinski definition) is 0. The Balaban J connectivity index is 0.00000137. The molecule has 0 unspecified atom stereocenters. The average molecular weight is 242 g/mol. The van der Waals surface area contributed by atoms with E-state index in [-0.39, 0.29) is 0 Å². The lowest BCUT2D eigenvalue weighted by Crippen LogP contribution is -1.85. The molecule has 0 radical (unpaired) electrons. The molecule has 0 atom stereocenters. The fourth-order valence-electron chi connectivity index (χ4n) is 1.71. The Labute approximate surface area is 113 Å². The van der Waals surface area contributed by atoms with Crippen LogP contribution < -0.4 is 0 Å². The third-order valence-electron chi connectivity index (χ3n) is 2.47. The lowest BCUT2D eigenvalue weighted by atomic mass is 10.0. The van der Waals surface area contributed by atoms with Gasteiger partial charge in [0.25, 0.3) is 0 Å². The lowest BCUT2D eigenvalue weighted by Gasteiger charge is -2.04. The summed E-state index contributed by atoms with van der Waals surface area (Å²) in [7, 11) is 0. The summed E-state index contributed by atoms with van der Waals surface area (Å²) in [6.07, 6.45) is 10.4. The zero-order chi connectivity index (χ0) is 13.8. The van der Waals surface area contributed by atoms with Gasteiger partial charge in [-0.05, 0) is 30.0 Å². The Hall–Kier alpha value is -1.56. The molecule has 0 saturated carbocycles. The first kappa shape index (κ1) is 16.4. The van der Waals surface area contributed by atoms with Gasteiger partial charge in [-0.1, -0.05) is 82.3 Å². The summed E-state index contributed by atoms with van der Waals surface area (Å²) in [6.45, 7) is 12.0. The quantitative estimate of drug-likeness (QED) is 0.571. The van der Waals surface area contributed by atoms with Crippen LogP contribution in [0.15, 0.2) is 55.1 Å². The third-order valence-corrected chi connectivity index (χ3v) is 2.47. The first-order valence-corrected chi connectivity index (χ1v) is 6.86. The molecule has 0 amide bonds. The molecule has 1 aromatic carbocycles. The molecule has 18 heavy (non-hydrogen) atoms. The van der Waals surface area contributed by atoms with Crippen LogP contribution in [0.3, 0.4) is 0 Å². The van der Waals surface area contributed by atoms with E-state index in [1.807, 2.05) is 32.9 Å². The second kappa shape index (κ2) is 10.6. The van der Waals surface area contributed by atoms with E-state index in [2.05, 4.69) is 49.9 Å². The molecule has 0 N–H and O–H groups in total. The van der Waals surface area contributed by atoms with Gasteiger partial charge in [0, 0.05) is 0 Å². The third kappa shape index (κ3) is 5.67. The summed E-state index contributed by atoms with van der Waals surface area (Å²) in [5.74, 6) is 0. The minimum Gasteiger partial charge on any atom is -0.0990 e. The highest BCUT2D eigenvalue weighted by atomic mass is 14.0. The first-order valence-electron chi connectivity index (χ1n) is 6.86. The van der Waals surface area contributed by atoms with Gasteiger partial charge in [0.05, 0.1) is 0 Å². The Bertz CT molecular complexity index is 377. The van der Waals surface area contributed by atoms with E-state index < -0.39 is 0 Å². The van der Waals surface area contributed by atoms with Crippen LogP contribution in [-0.2, 0) is 6.42 Å². The molecule has 0 saturated heterocycles. The summed E-state index contributed by atoms with van der Waals surface area (Å²) in [5.41, 5.74) is 3.86. The molecule has 0 fully saturated rings. The van der Waals surface area contributed by atoms with Gasteiger partial charge in [-0.3, -0.25) is 0 Å². The number of aryl methyl sites for hydroxylation is 1. The van der Waals surface area contributed by atoms with Crippen molar-refractivity contribution in [2.24, 2.45) is 0 Å². The fraction of sp³-hybridized carbons (Fsp3) is 0.333. The monoisotopic (exact) mass is 242 g/mol. The molecular weight excluding hydrogens is 216 g/mol.